The number of nitrogens with zero attached hydrogens (tertiary/aromatic N) is 2. The Morgan fingerprint density at radius 1 is 0.969 bits per heavy atom. The van der Waals surface area contributed by atoms with E-state index in [0.29, 0.717) is 17.9 Å². The number of benzene rings is 2. The molecule has 2 N–H and O–H groups in total. The molecule has 2 amide bonds. The summed E-state index contributed by atoms with van der Waals surface area (Å²) in [4.78, 5) is 28.1. The Morgan fingerprint density at radius 2 is 1.59 bits per heavy atom. The second-order valence-electron chi connectivity index (χ2n) is 6.47. The number of ether oxygens (including phenoxy) is 1. The number of nitrogens with one attached hydrogen (secondary N) is 2. The van der Waals surface area contributed by atoms with Gasteiger partial charge >= 0.3 is 18.0 Å². The number of halogens is 3. The van der Waals surface area contributed by atoms with Gasteiger partial charge in [0.1, 0.15) is 5.75 Å². The highest BCUT2D eigenvalue weighted by atomic mass is 19.4. The minimum atomic E-state index is -4.46. The van der Waals surface area contributed by atoms with Crippen LogP contribution in [-0.2, 0) is 6.18 Å². The summed E-state index contributed by atoms with van der Waals surface area (Å²) in [6.45, 7) is 2.63. The summed E-state index contributed by atoms with van der Waals surface area (Å²) >= 11 is 0. The third-order valence-electron chi connectivity index (χ3n) is 4.21. The molecule has 0 bridgehead atoms. The highest BCUT2D eigenvalue weighted by Gasteiger charge is 2.30. The van der Waals surface area contributed by atoms with Crippen molar-refractivity contribution in [2.24, 2.45) is 0 Å². The van der Waals surface area contributed by atoms with Gasteiger partial charge in [-0.2, -0.15) is 18.2 Å². The molecular formula is C21H19F3N4O4. The largest absolute Gasteiger partial charge is 0.494 e. The molecule has 32 heavy (non-hydrogen) atoms. The molecule has 8 nitrogen and oxygen atoms in total. The van der Waals surface area contributed by atoms with Crippen molar-refractivity contribution >= 4 is 11.8 Å². The van der Waals surface area contributed by atoms with Crippen LogP contribution in [0.15, 0.2) is 53.1 Å². The van der Waals surface area contributed by atoms with Crippen LogP contribution in [0, 0.1) is 0 Å². The lowest BCUT2D eigenvalue weighted by atomic mass is 10.1. The van der Waals surface area contributed by atoms with E-state index >= 15 is 0 Å². The van der Waals surface area contributed by atoms with Gasteiger partial charge in [0.05, 0.1) is 12.2 Å². The lowest BCUT2D eigenvalue weighted by Gasteiger charge is -2.07. The SMILES string of the molecule is CCOc1ccc(C(=O)NCCNC(=O)c2nc(-c3ccc(C(F)(F)F)cc3)no2)cc1. The molecule has 0 aliphatic rings. The zero-order chi connectivity index (χ0) is 23.1. The van der Waals surface area contributed by atoms with Crippen LogP contribution < -0.4 is 15.4 Å². The monoisotopic (exact) mass is 448 g/mol. The van der Waals surface area contributed by atoms with Gasteiger partial charge in [0.15, 0.2) is 0 Å². The fourth-order valence-corrected chi connectivity index (χ4v) is 2.64. The van der Waals surface area contributed by atoms with Gasteiger partial charge in [-0.05, 0) is 43.3 Å². The van der Waals surface area contributed by atoms with Crippen molar-refractivity contribution in [1.82, 2.24) is 20.8 Å². The number of carbonyl (C=O) groups is 2. The fourth-order valence-electron chi connectivity index (χ4n) is 2.64. The average molecular weight is 448 g/mol. The molecule has 11 heteroatoms. The summed E-state index contributed by atoms with van der Waals surface area (Å²) in [5, 5.41) is 8.77. The molecule has 168 valence electrons. The molecule has 0 spiro atoms. The molecule has 0 unspecified atom stereocenters. The Balaban J connectivity index is 1.47. The van der Waals surface area contributed by atoms with E-state index in [1.807, 2.05) is 6.92 Å². The minimum absolute atomic E-state index is 0.0207. The minimum Gasteiger partial charge on any atom is -0.494 e. The lowest BCUT2D eigenvalue weighted by molar-refractivity contribution is -0.137. The number of carbonyl (C=O) groups excluding carboxylic acids is 2. The number of hydrogen-bond acceptors (Lipinski definition) is 6. The zero-order valence-electron chi connectivity index (χ0n) is 16.9. The van der Waals surface area contributed by atoms with Gasteiger partial charge in [-0.15, -0.1) is 0 Å². The standard InChI is InChI=1S/C21H19F3N4O4/c1-2-31-16-9-5-14(6-10-16)18(29)25-11-12-26-19(30)20-27-17(28-32-20)13-3-7-15(8-4-13)21(22,23)24/h3-10H,2,11-12H2,1H3,(H,25,29)(H,26,30). The number of alkyl halides is 3. The highest BCUT2D eigenvalue weighted by Crippen LogP contribution is 2.30. The first kappa shape index (κ1) is 22.8. The smallest absolute Gasteiger partial charge is 0.416 e. The maximum Gasteiger partial charge on any atom is 0.416 e. The van der Waals surface area contributed by atoms with Crippen LogP contribution in [0.25, 0.3) is 11.4 Å². The fraction of sp³-hybridized carbons (Fsp3) is 0.238. The van der Waals surface area contributed by atoms with Crippen LogP contribution >= 0.6 is 0 Å². The van der Waals surface area contributed by atoms with E-state index in [1.54, 1.807) is 24.3 Å². The summed E-state index contributed by atoms with van der Waals surface area (Å²) < 4.78 is 48.1. The topological polar surface area (TPSA) is 106 Å². The molecular weight excluding hydrogens is 429 g/mol. The van der Waals surface area contributed by atoms with Crippen LogP contribution in [0.3, 0.4) is 0 Å². The molecule has 0 aliphatic carbocycles. The van der Waals surface area contributed by atoms with E-state index in [1.165, 1.54) is 12.1 Å². The van der Waals surface area contributed by atoms with Gasteiger partial charge in [0.2, 0.25) is 5.82 Å². The zero-order valence-corrected chi connectivity index (χ0v) is 16.9. The van der Waals surface area contributed by atoms with E-state index in [0.717, 1.165) is 12.1 Å². The van der Waals surface area contributed by atoms with E-state index in [2.05, 4.69) is 20.8 Å². The molecule has 2 aromatic carbocycles. The molecule has 0 aliphatic heterocycles. The molecule has 3 aromatic rings. The quantitative estimate of drug-likeness (QED) is 0.512. The van der Waals surface area contributed by atoms with Gasteiger partial charge in [-0.25, -0.2) is 0 Å². The van der Waals surface area contributed by atoms with Crippen molar-refractivity contribution in [3.8, 4) is 17.1 Å². The summed E-state index contributed by atoms with van der Waals surface area (Å²) in [5.74, 6) is -0.701. The summed E-state index contributed by atoms with van der Waals surface area (Å²) in [5.41, 5.74) is -0.101. The third kappa shape index (κ3) is 5.84. The normalized spacial score (nSPS) is 11.1. The number of aromatic nitrogens is 2. The summed E-state index contributed by atoms with van der Waals surface area (Å²) in [7, 11) is 0. The van der Waals surface area contributed by atoms with E-state index in [-0.39, 0.29) is 36.3 Å². The molecule has 0 atom stereocenters. The Kier molecular flexibility index (Phi) is 7.08. The van der Waals surface area contributed by atoms with Gasteiger partial charge in [-0.3, -0.25) is 9.59 Å². The van der Waals surface area contributed by atoms with Crippen molar-refractivity contribution in [2.75, 3.05) is 19.7 Å². The Labute approximate surface area is 180 Å². The average Bonchev–Trinajstić information content (AvgIpc) is 3.27. The molecule has 1 aromatic heterocycles. The number of amides is 2. The molecule has 0 saturated carbocycles. The maximum atomic E-state index is 12.6. The molecule has 0 fully saturated rings. The van der Waals surface area contributed by atoms with E-state index in [9.17, 15) is 22.8 Å². The van der Waals surface area contributed by atoms with Crippen LogP contribution in [0.2, 0.25) is 0 Å². The van der Waals surface area contributed by atoms with Gasteiger partial charge in [-0.1, -0.05) is 17.3 Å². The lowest BCUT2D eigenvalue weighted by Crippen LogP contribution is -2.34. The predicted octanol–water partition coefficient (Wildman–Crippen LogP) is 3.31. The van der Waals surface area contributed by atoms with Crippen molar-refractivity contribution in [3.05, 3.63) is 65.5 Å². The van der Waals surface area contributed by atoms with E-state index in [4.69, 9.17) is 9.26 Å². The maximum absolute atomic E-state index is 12.6. The van der Waals surface area contributed by atoms with Crippen LogP contribution in [-0.4, -0.2) is 41.7 Å². The van der Waals surface area contributed by atoms with Crippen molar-refractivity contribution < 1.29 is 32.0 Å². The van der Waals surface area contributed by atoms with Gasteiger partial charge < -0.3 is 19.9 Å². The van der Waals surface area contributed by atoms with Crippen LogP contribution in [0.4, 0.5) is 13.2 Å². The third-order valence-corrected chi connectivity index (χ3v) is 4.21. The number of hydrogen-bond donors (Lipinski definition) is 2. The molecule has 1 heterocycles. The second-order valence-corrected chi connectivity index (χ2v) is 6.47. The Morgan fingerprint density at radius 3 is 2.19 bits per heavy atom. The van der Waals surface area contributed by atoms with Crippen LogP contribution in [0.1, 0.15) is 33.5 Å². The first-order chi connectivity index (χ1) is 15.3. The van der Waals surface area contributed by atoms with Gasteiger partial charge in [0.25, 0.3) is 5.91 Å². The van der Waals surface area contributed by atoms with Crippen molar-refractivity contribution in [2.45, 2.75) is 13.1 Å². The van der Waals surface area contributed by atoms with E-state index < -0.39 is 17.6 Å². The van der Waals surface area contributed by atoms with Crippen molar-refractivity contribution in [3.63, 3.8) is 0 Å². The highest BCUT2D eigenvalue weighted by molar-refractivity contribution is 5.94. The Bertz CT molecular complexity index is 1060. The number of rotatable bonds is 8. The van der Waals surface area contributed by atoms with Gasteiger partial charge in [0, 0.05) is 24.2 Å². The first-order valence-corrected chi connectivity index (χ1v) is 9.58. The molecule has 0 saturated heterocycles. The molecule has 0 radical (unpaired) electrons. The van der Waals surface area contributed by atoms with Crippen molar-refractivity contribution in [1.29, 1.82) is 0 Å². The summed E-state index contributed by atoms with van der Waals surface area (Å²) in [6.07, 6.45) is -4.46. The predicted molar refractivity (Wildman–Crippen MR) is 107 cm³/mol. The summed E-state index contributed by atoms with van der Waals surface area (Å²) in [6, 6.07) is 10.8. The van der Waals surface area contributed by atoms with Crippen LogP contribution in [0.5, 0.6) is 5.75 Å². The first-order valence-electron chi connectivity index (χ1n) is 9.58. The Hall–Kier alpha value is -3.89. The molecule has 3 rings (SSSR count). The second kappa shape index (κ2) is 9.94.